The van der Waals surface area contributed by atoms with Crippen molar-refractivity contribution < 1.29 is 24.2 Å². The number of Topliss-reactive ketones (excluding diaryl/α,β-unsaturated/α-hetero) is 1. The Labute approximate surface area is 142 Å². The van der Waals surface area contributed by atoms with Crippen molar-refractivity contribution in [1.82, 2.24) is 4.90 Å². The summed E-state index contributed by atoms with van der Waals surface area (Å²) in [6.07, 6.45) is 3.30. The average molecular weight is 337 g/mol. The van der Waals surface area contributed by atoms with E-state index in [0.717, 1.165) is 38.8 Å². The second-order valence-electron chi connectivity index (χ2n) is 7.08. The van der Waals surface area contributed by atoms with E-state index in [9.17, 15) is 15.0 Å². The third-order valence-corrected chi connectivity index (χ3v) is 5.73. The number of hydrogen-bond donors (Lipinski definition) is 2. The van der Waals surface area contributed by atoms with E-state index in [1.807, 2.05) is 6.92 Å². The lowest BCUT2D eigenvalue weighted by Gasteiger charge is -2.34. The monoisotopic (exact) mass is 337 g/mol. The van der Waals surface area contributed by atoms with E-state index in [2.05, 4.69) is 4.90 Å². The van der Waals surface area contributed by atoms with Gasteiger partial charge in [-0.2, -0.15) is 0 Å². The molecule has 0 saturated carbocycles. The number of ketones is 1. The van der Waals surface area contributed by atoms with Crippen LogP contribution in [0.15, 0.2) is 4.42 Å². The highest BCUT2D eigenvalue weighted by Crippen LogP contribution is 2.40. The van der Waals surface area contributed by atoms with E-state index in [1.54, 1.807) is 6.92 Å². The molecule has 0 radical (unpaired) electrons. The van der Waals surface area contributed by atoms with Crippen LogP contribution in [0.1, 0.15) is 48.7 Å². The van der Waals surface area contributed by atoms with Crippen LogP contribution in [0.25, 0.3) is 0 Å². The lowest BCUT2D eigenvalue weighted by atomic mass is 9.78. The molecule has 2 aliphatic rings. The van der Waals surface area contributed by atoms with Crippen LogP contribution in [0.3, 0.4) is 0 Å². The summed E-state index contributed by atoms with van der Waals surface area (Å²) in [4.78, 5) is 15.4. The van der Waals surface area contributed by atoms with Crippen molar-refractivity contribution in [2.75, 3.05) is 20.2 Å². The Morgan fingerprint density at radius 2 is 2.00 bits per heavy atom. The van der Waals surface area contributed by atoms with Gasteiger partial charge in [0.05, 0.1) is 18.8 Å². The molecule has 0 amide bonds. The Hall–Kier alpha value is -1.53. The van der Waals surface area contributed by atoms with Gasteiger partial charge < -0.3 is 19.4 Å². The first-order valence-electron chi connectivity index (χ1n) is 8.78. The number of aliphatic hydroxyl groups is 1. The van der Waals surface area contributed by atoms with E-state index < -0.39 is 12.0 Å². The molecule has 1 aromatic heterocycles. The molecule has 0 bridgehead atoms. The minimum Gasteiger partial charge on any atom is -0.492 e. The first-order chi connectivity index (χ1) is 11.5. The van der Waals surface area contributed by atoms with Crippen LogP contribution in [-0.4, -0.2) is 53.2 Å². The molecule has 134 valence electrons. The summed E-state index contributed by atoms with van der Waals surface area (Å²) in [5, 5.41) is 20.4. The van der Waals surface area contributed by atoms with Crippen molar-refractivity contribution in [2.24, 2.45) is 11.8 Å². The first kappa shape index (κ1) is 17.3. The zero-order chi connectivity index (χ0) is 17.4. The highest BCUT2D eigenvalue weighted by Gasteiger charge is 2.44. The second kappa shape index (κ2) is 6.76. The van der Waals surface area contributed by atoms with Crippen molar-refractivity contribution in [1.29, 1.82) is 0 Å². The van der Waals surface area contributed by atoms with Crippen LogP contribution < -0.4 is 4.74 Å². The SMILES string of the molecule is COc1c(C(=O)C(C)C2C(O)CCCN3CCCC23)oc(O)c1C. The molecule has 6 nitrogen and oxygen atoms in total. The molecule has 24 heavy (non-hydrogen) atoms. The molecule has 2 aliphatic heterocycles. The Bertz CT molecular complexity index is 611. The molecule has 0 aliphatic carbocycles. The largest absolute Gasteiger partial charge is 0.492 e. The molecule has 4 atom stereocenters. The van der Waals surface area contributed by atoms with Crippen molar-refractivity contribution in [3.8, 4) is 11.7 Å². The number of furan rings is 1. The van der Waals surface area contributed by atoms with Crippen molar-refractivity contribution in [2.45, 2.75) is 51.7 Å². The zero-order valence-electron chi connectivity index (χ0n) is 14.6. The number of rotatable bonds is 4. The fraction of sp³-hybridized carbons (Fsp3) is 0.722. The number of hydrogen-bond acceptors (Lipinski definition) is 6. The summed E-state index contributed by atoms with van der Waals surface area (Å²) in [5.74, 6) is -0.682. The molecule has 0 spiro atoms. The highest BCUT2D eigenvalue weighted by atomic mass is 16.5. The van der Waals surface area contributed by atoms with Crippen molar-refractivity contribution in [3.05, 3.63) is 11.3 Å². The summed E-state index contributed by atoms with van der Waals surface area (Å²) >= 11 is 0. The standard InChI is InChI=1S/C18H27NO5/c1-10(15(21)17-16(23-3)11(2)18(22)24-17)14-12-6-4-8-19(12)9-5-7-13(14)20/h10,12-14,20,22H,4-9H2,1-3H3. The van der Waals surface area contributed by atoms with Crippen LogP contribution in [0.2, 0.25) is 0 Å². The third-order valence-electron chi connectivity index (χ3n) is 5.73. The fourth-order valence-electron chi connectivity index (χ4n) is 4.46. The molecule has 1 aromatic rings. The van der Waals surface area contributed by atoms with Gasteiger partial charge in [-0.15, -0.1) is 0 Å². The van der Waals surface area contributed by atoms with Gasteiger partial charge in [0.1, 0.15) is 0 Å². The summed E-state index contributed by atoms with van der Waals surface area (Å²) in [7, 11) is 1.46. The van der Waals surface area contributed by atoms with E-state index >= 15 is 0 Å². The van der Waals surface area contributed by atoms with Crippen molar-refractivity contribution >= 4 is 5.78 Å². The minimum atomic E-state index is -0.493. The maximum absolute atomic E-state index is 13.0. The van der Waals surface area contributed by atoms with Gasteiger partial charge in [-0.25, -0.2) is 0 Å². The Balaban J connectivity index is 1.90. The van der Waals surface area contributed by atoms with Gasteiger partial charge >= 0.3 is 0 Å². The van der Waals surface area contributed by atoms with Gasteiger partial charge in [0, 0.05) is 17.9 Å². The van der Waals surface area contributed by atoms with E-state index in [4.69, 9.17) is 9.15 Å². The van der Waals surface area contributed by atoms with E-state index in [-0.39, 0.29) is 35.2 Å². The number of fused-ring (bicyclic) bond motifs is 1. The quantitative estimate of drug-likeness (QED) is 0.821. The Morgan fingerprint density at radius 3 is 2.67 bits per heavy atom. The van der Waals surface area contributed by atoms with Crippen LogP contribution in [-0.2, 0) is 0 Å². The number of aromatic hydroxyl groups is 1. The van der Waals surface area contributed by atoms with Gasteiger partial charge in [0.25, 0.3) is 5.95 Å². The molecular weight excluding hydrogens is 310 g/mol. The van der Waals surface area contributed by atoms with Crippen molar-refractivity contribution in [3.63, 3.8) is 0 Å². The number of carbonyl (C=O) groups is 1. The molecule has 2 saturated heterocycles. The van der Waals surface area contributed by atoms with Crippen LogP contribution in [0.5, 0.6) is 11.7 Å². The van der Waals surface area contributed by atoms with Crippen LogP contribution >= 0.6 is 0 Å². The molecule has 6 heteroatoms. The number of carbonyl (C=O) groups excluding carboxylic acids is 1. The topological polar surface area (TPSA) is 83.1 Å². The third kappa shape index (κ3) is 2.82. The number of ether oxygens (including phenoxy) is 1. The van der Waals surface area contributed by atoms with Gasteiger partial charge in [-0.05, 0) is 45.7 Å². The van der Waals surface area contributed by atoms with Gasteiger partial charge in [0.2, 0.25) is 11.5 Å². The molecule has 2 fully saturated rings. The Morgan fingerprint density at radius 1 is 1.33 bits per heavy atom. The second-order valence-corrected chi connectivity index (χ2v) is 7.08. The summed E-state index contributed by atoms with van der Waals surface area (Å²) in [6.45, 7) is 5.53. The predicted octanol–water partition coefficient (Wildman–Crippen LogP) is 2.36. The number of nitrogens with zero attached hydrogens (tertiary/aromatic N) is 1. The van der Waals surface area contributed by atoms with Gasteiger partial charge in [0.15, 0.2) is 5.75 Å². The highest BCUT2D eigenvalue weighted by molar-refractivity contribution is 5.98. The molecular formula is C18H27NO5. The first-order valence-corrected chi connectivity index (χ1v) is 8.78. The molecule has 4 unspecified atom stereocenters. The van der Waals surface area contributed by atoms with E-state index in [0.29, 0.717) is 5.56 Å². The minimum absolute atomic E-state index is 0.0565. The summed E-state index contributed by atoms with van der Waals surface area (Å²) < 4.78 is 10.5. The Kier molecular flexibility index (Phi) is 4.88. The molecule has 2 N–H and O–H groups in total. The van der Waals surface area contributed by atoms with Crippen LogP contribution in [0, 0.1) is 18.8 Å². The predicted molar refractivity (Wildman–Crippen MR) is 88.5 cm³/mol. The van der Waals surface area contributed by atoms with Crippen LogP contribution in [0.4, 0.5) is 0 Å². The molecule has 3 rings (SSSR count). The normalized spacial score (nSPS) is 29.1. The average Bonchev–Trinajstić information content (AvgIpc) is 3.08. The zero-order valence-corrected chi connectivity index (χ0v) is 14.6. The van der Waals surface area contributed by atoms with Gasteiger partial charge in [-0.1, -0.05) is 6.92 Å². The van der Waals surface area contributed by atoms with E-state index in [1.165, 1.54) is 7.11 Å². The summed E-state index contributed by atoms with van der Waals surface area (Å²) in [6, 6.07) is 0.233. The fourth-order valence-corrected chi connectivity index (χ4v) is 4.46. The lowest BCUT2D eigenvalue weighted by Crippen LogP contribution is -2.44. The number of aliphatic hydroxyl groups excluding tert-OH is 1. The smallest absolute Gasteiger partial charge is 0.289 e. The maximum atomic E-state index is 13.0. The summed E-state index contributed by atoms with van der Waals surface area (Å²) in [5.41, 5.74) is 0.428. The maximum Gasteiger partial charge on any atom is 0.289 e. The molecule has 3 heterocycles. The molecule has 0 aromatic carbocycles. The van der Waals surface area contributed by atoms with Gasteiger partial charge in [-0.3, -0.25) is 9.69 Å². The number of methoxy groups -OCH3 is 1. The lowest BCUT2D eigenvalue weighted by molar-refractivity contribution is 0.0328.